The van der Waals surface area contributed by atoms with Crippen molar-refractivity contribution in [3.63, 3.8) is 0 Å². The van der Waals surface area contributed by atoms with Gasteiger partial charge in [-0.3, -0.25) is 0 Å². The van der Waals surface area contributed by atoms with Gasteiger partial charge in [-0.2, -0.15) is 5.26 Å². The van der Waals surface area contributed by atoms with Crippen LogP contribution < -0.4 is 0 Å². The summed E-state index contributed by atoms with van der Waals surface area (Å²) in [6.07, 6.45) is 0. The standard InChI is InChI=1S/C7H4ClNO3S/c8-13(11,12)7-3-6(10)2-1-5(7)4-9/h1-3,10H. The Labute approximate surface area is 79.4 Å². The molecule has 0 aliphatic heterocycles. The highest BCUT2D eigenvalue weighted by Crippen LogP contribution is 2.23. The van der Waals surface area contributed by atoms with E-state index in [-0.39, 0.29) is 16.2 Å². The van der Waals surface area contributed by atoms with E-state index >= 15 is 0 Å². The van der Waals surface area contributed by atoms with E-state index in [1.807, 2.05) is 0 Å². The number of hydrogen-bond acceptors (Lipinski definition) is 4. The molecule has 1 N–H and O–H groups in total. The van der Waals surface area contributed by atoms with Crippen molar-refractivity contribution in [1.82, 2.24) is 0 Å². The number of rotatable bonds is 1. The molecule has 0 spiro atoms. The maximum absolute atomic E-state index is 10.9. The topological polar surface area (TPSA) is 78.2 Å². The molecule has 0 saturated heterocycles. The van der Waals surface area contributed by atoms with Crippen molar-refractivity contribution in [2.24, 2.45) is 0 Å². The Bertz CT molecular complexity index is 475. The zero-order chi connectivity index (χ0) is 10.1. The molecule has 4 nitrogen and oxygen atoms in total. The second kappa shape index (κ2) is 3.24. The van der Waals surface area contributed by atoms with Crippen LogP contribution in [0.4, 0.5) is 0 Å². The lowest BCUT2D eigenvalue weighted by molar-refractivity contribution is 0.473. The van der Waals surface area contributed by atoms with Crippen LogP contribution in [0.25, 0.3) is 0 Å². The van der Waals surface area contributed by atoms with E-state index in [1.165, 1.54) is 12.1 Å². The molecule has 0 aliphatic rings. The van der Waals surface area contributed by atoms with Gasteiger partial charge in [-0.1, -0.05) is 0 Å². The molecular formula is C7H4ClNO3S. The van der Waals surface area contributed by atoms with Crippen molar-refractivity contribution in [3.8, 4) is 11.8 Å². The summed E-state index contributed by atoms with van der Waals surface area (Å²) in [4.78, 5) is -0.378. The third-order valence-corrected chi connectivity index (χ3v) is 2.71. The van der Waals surface area contributed by atoms with Gasteiger partial charge in [0.05, 0.1) is 5.56 Å². The van der Waals surface area contributed by atoms with Crippen LogP contribution in [-0.4, -0.2) is 13.5 Å². The first-order valence-corrected chi connectivity index (χ1v) is 5.44. The van der Waals surface area contributed by atoms with E-state index in [1.54, 1.807) is 6.07 Å². The molecule has 0 aliphatic carbocycles. The highest BCUT2D eigenvalue weighted by Gasteiger charge is 2.15. The molecule has 68 valence electrons. The van der Waals surface area contributed by atoms with Gasteiger partial charge in [-0.05, 0) is 12.1 Å². The lowest BCUT2D eigenvalue weighted by Crippen LogP contribution is -1.94. The lowest BCUT2D eigenvalue weighted by atomic mass is 10.2. The second-order valence-electron chi connectivity index (χ2n) is 2.23. The van der Waals surface area contributed by atoms with Gasteiger partial charge in [-0.15, -0.1) is 0 Å². The Morgan fingerprint density at radius 1 is 1.46 bits per heavy atom. The number of hydrogen-bond donors (Lipinski definition) is 1. The number of nitriles is 1. The third kappa shape index (κ3) is 2.11. The monoisotopic (exact) mass is 217 g/mol. The van der Waals surface area contributed by atoms with Crippen molar-refractivity contribution in [2.75, 3.05) is 0 Å². The molecule has 0 unspecified atom stereocenters. The molecule has 0 heterocycles. The first-order valence-electron chi connectivity index (χ1n) is 3.13. The predicted molar refractivity (Wildman–Crippen MR) is 45.9 cm³/mol. The Morgan fingerprint density at radius 2 is 2.08 bits per heavy atom. The molecule has 0 fully saturated rings. The van der Waals surface area contributed by atoms with Crippen molar-refractivity contribution in [1.29, 1.82) is 5.26 Å². The lowest BCUT2D eigenvalue weighted by Gasteiger charge is -1.99. The first kappa shape index (κ1) is 9.84. The Kier molecular flexibility index (Phi) is 2.45. The minimum atomic E-state index is -3.98. The van der Waals surface area contributed by atoms with Crippen LogP contribution >= 0.6 is 10.7 Å². The minimum Gasteiger partial charge on any atom is -0.508 e. The van der Waals surface area contributed by atoms with E-state index in [2.05, 4.69) is 0 Å². The van der Waals surface area contributed by atoms with Gasteiger partial charge in [0.1, 0.15) is 16.7 Å². The van der Waals surface area contributed by atoms with Gasteiger partial charge in [0.2, 0.25) is 0 Å². The molecule has 0 bridgehead atoms. The largest absolute Gasteiger partial charge is 0.508 e. The summed E-state index contributed by atoms with van der Waals surface area (Å²) in [5.41, 5.74) is -0.0900. The predicted octanol–water partition coefficient (Wildman–Crippen LogP) is 1.19. The third-order valence-electron chi connectivity index (χ3n) is 1.35. The molecule has 6 heteroatoms. The maximum atomic E-state index is 10.9. The van der Waals surface area contributed by atoms with Crippen LogP contribution in [0.5, 0.6) is 5.75 Å². The molecule has 1 rings (SSSR count). The summed E-state index contributed by atoms with van der Waals surface area (Å²) in [6, 6.07) is 4.98. The molecule has 0 aromatic heterocycles. The summed E-state index contributed by atoms with van der Waals surface area (Å²) < 4.78 is 21.7. The number of phenolic OH excluding ortho intramolecular Hbond substituents is 1. The van der Waals surface area contributed by atoms with Gasteiger partial charge in [0, 0.05) is 16.7 Å². The molecule has 0 radical (unpaired) electrons. The molecule has 1 aromatic carbocycles. The van der Waals surface area contributed by atoms with Crippen LogP contribution in [-0.2, 0) is 9.05 Å². The summed E-state index contributed by atoms with van der Waals surface area (Å²) >= 11 is 0. The van der Waals surface area contributed by atoms with Crippen molar-refractivity contribution < 1.29 is 13.5 Å². The number of benzene rings is 1. The van der Waals surface area contributed by atoms with E-state index in [0.717, 1.165) is 6.07 Å². The maximum Gasteiger partial charge on any atom is 0.262 e. The summed E-state index contributed by atoms with van der Waals surface area (Å²) in [5.74, 6) is -0.252. The van der Waals surface area contributed by atoms with Gasteiger partial charge < -0.3 is 5.11 Å². The highest BCUT2D eigenvalue weighted by atomic mass is 35.7. The summed E-state index contributed by atoms with van der Waals surface area (Å²) in [5, 5.41) is 17.5. The molecular weight excluding hydrogens is 214 g/mol. The zero-order valence-electron chi connectivity index (χ0n) is 6.23. The average Bonchev–Trinajstić information content (AvgIpc) is 2.03. The Balaban J connectivity index is 3.53. The van der Waals surface area contributed by atoms with Gasteiger partial charge in [-0.25, -0.2) is 8.42 Å². The number of aromatic hydroxyl groups is 1. The van der Waals surface area contributed by atoms with Gasteiger partial charge >= 0.3 is 0 Å². The Hall–Kier alpha value is -1.25. The van der Waals surface area contributed by atoms with Crippen molar-refractivity contribution in [3.05, 3.63) is 23.8 Å². The second-order valence-corrected chi connectivity index (χ2v) is 4.76. The summed E-state index contributed by atoms with van der Waals surface area (Å²) in [7, 11) is 1.05. The number of nitrogens with zero attached hydrogens (tertiary/aromatic N) is 1. The van der Waals surface area contributed by atoms with Crippen LogP contribution in [0, 0.1) is 11.3 Å². The normalized spacial score (nSPS) is 10.8. The zero-order valence-corrected chi connectivity index (χ0v) is 7.80. The first-order chi connectivity index (χ1) is 5.95. The van der Waals surface area contributed by atoms with Crippen molar-refractivity contribution >= 4 is 19.7 Å². The number of phenols is 1. The quantitative estimate of drug-likeness (QED) is 0.717. The molecule has 1 aromatic rings. The van der Waals surface area contributed by atoms with E-state index in [9.17, 15) is 8.42 Å². The van der Waals surface area contributed by atoms with Crippen LogP contribution in [0.3, 0.4) is 0 Å². The molecule has 0 amide bonds. The van der Waals surface area contributed by atoms with Crippen LogP contribution in [0.15, 0.2) is 23.1 Å². The average molecular weight is 218 g/mol. The van der Waals surface area contributed by atoms with Crippen LogP contribution in [0.2, 0.25) is 0 Å². The molecule has 13 heavy (non-hydrogen) atoms. The minimum absolute atomic E-state index is 0.0900. The van der Waals surface area contributed by atoms with E-state index in [0.29, 0.717) is 0 Å². The fourth-order valence-corrected chi connectivity index (χ4v) is 1.83. The number of halogens is 1. The van der Waals surface area contributed by atoms with Gasteiger partial charge in [0.15, 0.2) is 0 Å². The molecule has 0 saturated carbocycles. The summed E-state index contributed by atoms with van der Waals surface area (Å²) in [6.45, 7) is 0. The smallest absolute Gasteiger partial charge is 0.262 e. The fraction of sp³-hybridized carbons (Fsp3) is 0. The highest BCUT2D eigenvalue weighted by molar-refractivity contribution is 8.13. The fourth-order valence-electron chi connectivity index (χ4n) is 0.805. The Morgan fingerprint density at radius 3 is 2.54 bits per heavy atom. The molecule has 0 atom stereocenters. The van der Waals surface area contributed by atoms with Crippen molar-refractivity contribution in [2.45, 2.75) is 4.90 Å². The van der Waals surface area contributed by atoms with Gasteiger partial charge in [0.25, 0.3) is 9.05 Å². The van der Waals surface area contributed by atoms with E-state index in [4.69, 9.17) is 21.1 Å². The van der Waals surface area contributed by atoms with E-state index < -0.39 is 9.05 Å². The van der Waals surface area contributed by atoms with Crippen LogP contribution in [0.1, 0.15) is 5.56 Å². The SMILES string of the molecule is N#Cc1ccc(O)cc1S(=O)(=O)Cl.